The summed E-state index contributed by atoms with van der Waals surface area (Å²) in [6, 6.07) is 5.87. The van der Waals surface area contributed by atoms with Crippen LogP contribution in [-0.2, 0) is 4.79 Å². The van der Waals surface area contributed by atoms with E-state index in [0.717, 1.165) is 4.90 Å². The molecule has 0 aliphatic heterocycles. The van der Waals surface area contributed by atoms with Crippen molar-refractivity contribution in [3.63, 3.8) is 0 Å². The number of nitro benzene ring substituents is 1. The second kappa shape index (κ2) is 6.21. The molecule has 0 aliphatic rings. The number of nitrogens with zero attached hydrogens (tertiary/aromatic N) is 1. The van der Waals surface area contributed by atoms with E-state index in [-0.39, 0.29) is 17.9 Å². The van der Waals surface area contributed by atoms with Gasteiger partial charge in [0.2, 0.25) is 0 Å². The van der Waals surface area contributed by atoms with Crippen molar-refractivity contribution in [3.8, 4) is 0 Å². The Morgan fingerprint density at radius 1 is 1.41 bits per heavy atom. The highest BCUT2D eigenvalue weighted by Crippen LogP contribution is 2.22. The maximum Gasteiger partial charge on any atom is 0.306 e. The van der Waals surface area contributed by atoms with Crippen LogP contribution in [0.3, 0.4) is 0 Å². The molecule has 0 fully saturated rings. The summed E-state index contributed by atoms with van der Waals surface area (Å²) < 4.78 is 0. The van der Waals surface area contributed by atoms with Crippen molar-refractivity contribution < 1.29 is 19.9 Å². The first kappa shape index (κ1) is 13.5. The highest BCUT2D eigenvalue weighted by molar-refractivity contribution is 7.99. The van der Waals surface area contributed by atoms with Crippen LogP contribution in [0.1, 0.15) is 6.42 Å². The fraction of sp³-hybridized carbons (Fsp3) is 0.300. The summed E-state index contributed by atoms with van der Waals surface area (Å²) in [6.07, 6.45) is -1.23. The van der Waals surface area contributed by atoms with E-state index in [9.17, 15) is 20.0 Å². The van der Waals surface area contributed by atoms with Crippen molar-refractivity contribution in [2.24, 2.45) is 0 Å². The molecular formula is C10H11NO5S. The van der Waals surface area contributed by atoms with Crippen LogP contribution in [0, 0.1) is 10.1 Å². The average molecular weight is 257 g/mol. The highest BCUT2D eigenvalue weighted by atomic mass is 32.2. The molecule has 0 aliphatic carbocycles. The second-order valence-electron chi connectivity index (χ2n) is 3.31. The lowest BCUT2D eigenvalue weighted by Gasteiger charge is -2.06. The molecule has 0 saturated carbocycles. The number of hydrogen-bond acceptors (Lipinski definition) is 5. The molecule has 0 amide bonds. The van der Waals surface area contributed by atoms with E-state index in [1.807, 2.05) is 0 Å². The number of aliphatic hydroxyl groups excluding tert-OH is 1. The Morgan fingerprint density at radius 2 is 2.00 bits per heavy atom. The standard InChI is InChI=1S/C10H11NO5S/c12-8(5-10(13)14)6-17-9-3-1-7(2-4-9)11(15)16/h1-4,8,12H,5-6H2,(H,13,14). The average Bonchev–Trinajstić information content (AvgIpc) is 2.26. The molecule has 1 atom stereocenters. The lowest BCUT2D eigenvalue weighted by Crippen LogP contribution is -2.15. The van der Waals surface area contributed by atoms with Crippen LogP contribution < -0.4 is 0 Å². The monoisotopic (exact) mass is 257 g/mol. The SMILES string of the molecule is O=C(O)CC(O)CSc1ccc([N+](=O)[O-])cc1. The van der Waals surface area contributed by atoms with Crippen LogP contribution in [0.25, 0.3) is 0 Å². The van der Waals surface area contributed by atoms with Gasteiger partial charge in [-0.05, 0) is 12.1 Å². The first-order valence-electron chi connectivity index (χ1n) is 4.76. The lowest BCUT2D eigenvalue weighted by atomic mass is 10.3. The summed E-state index contributed by atoms with van der Waals surface area (Å²) in [5.74, 6) is -0.814. The third-order valence-corrected chi connectivity index (χ3v) is 3.06. The molecule has 1 unspecified atom stereocenters. The number of benzene rings is 1. The molecule has 1 aromatic carbocycles. The van der Waals surface area contributed by atoms with E-state index in [1.54, 1.807) is 12.1 Å². The summed E-state index contributed by atoms with van der Waals surface area (Å²) in [6.45, 7) is 0. The zero-order valence-electron chi connectivity index (χ0n) is 8.78. The number of carboxylic acid groups (broad SMARTS) is 1. The topological polar surface area (TPSA) is 101 Å². The summed E-state index contributed by atoms with van der Waals surface area (Å²) in [4.78, 5) is 20.9. The number of non-ortho nitro benzene ring substituents is 1. The van der Waals surface area contributed by atoms with Gasteiger partial charge in [-0.25, -0.2) is 0 Å². The fourth-order valence-electron chi connectivity index (χ4n) is 1.12. The zero-order chi connectivity index (χ0) is 12.8. The van der Waals surface area contributed by atoms with Crippen molar-refractivity contribution >= 4 is 23.4 Å². The van der Waals surface area contributed by atoms with Gasteiger partial charge >= 0.3 is 5.97 Å². The van der Waals surface area contributed by atoms with Crippen molar-refractivity contribution in [1.82, 2.24) is 0 Å². The van der Waals surface area contributed by atoms with Crippen molar-refractivity contribution in [3.05, 3.63) is 34.4 Å². The Hall–Kier alpha value is -1.60. The summed E-state index contributed by atoms with van der Waals surface area (Å²) >= 11 is 1.25. The predicted octanol–water partition coefficient (Wildman–Crippen LogP) is 1.52. The van der Waals surface area contributed by atoms with Crippen LogP contribution in [-0.4, -0.2) is 33.0 Å². The van der Waals surface area contributed by atoms with Gasteiger partial charge in [-0.1, -0.05) is 0 Å². The minimum absolute atomic E-state index is 0.000402. The number of thioether (sulfide) groups is 1. The number of rotatable bonds is 6. The summed E-state index contributed by atoms with van der Waals surface area (Å²) in [5, 5.41) is 28.1. The number of aliphatic carboxylic acids is 1. The van der Waals surface area contributed by atoms with Crippen LogP contribution in [0.2, 0.25) is 0 Å². The normalized spacial score (nSPS) is 12.1. The van der Waals surface area contributed by atoms with E-state index in [2.05, 4.69) is 0 Å². The third kappa shape index (κ3) is 4.83. The van der Waals surface area contributed by atoms with E-state index >= 15 is 0 Å². The molecule has 0 bridgehead atoms. The largest absolute Gasteiger partial charge is 0.481 e. The smallest absolute Gasteiger partial charge is 0.306 e. The summed E-state index contributed by atoms with van der Waals surface area (Å²) in [5.41, 5.74) is 0.000402. The maximum atomic E-state index is 10.4. The van der Waals surface area contributed by atoms with Gasteiger partial charge in [-0.2, -0.15) is 0 Å². The third-order valence-electron chi connectivity index (χ3n) is 1.90. The minimum atomic E-state index is -1.05. The molecule has 0 saturated heterocycles. The molecule has 0 heterocycles. The molecule has 1 aromatic rings. The lowest BCUT2D eigenvalue weighted by molar-refractivity contribution is -0.384. The fourth-order valence-corrected chi connectivity index (χ4v) is 1.95. The Kier molecular flexibility index (Phi) is 4.92. The molecular weight excluding hydrogens is 246 g/mol. The van der Waals surface area contributed by atoms with Gasteiger partial charge in [-0.15, -0.1) is 11.8 Å². The van der Waals surface area contributed by atoms with Crippen LogP contribution in [0.5, 0.6) is 0 Å². The Balaban J connectivity index is 2.47. The molecule has 1 rings (SSSR count). The molecule has 0 spiro atoms. The Labute approximate surface area is 101 Å². The molecule has 92 valence electrons. The van der Waals surface area contributed by atoms with Gasteiger partial charge in [0.25, 0.3) is 5.69 Å². The van der Waals surface area contributed by atoms with E-state index in [4.69, 9.17) is 5.11 Å². The van der Waals surface area contributed by atoms with E-state index in [0.29, 0.717) is 0 Å². The van der Waals surface area contributed by atoms with Crippen LogP contribution >= 0.6 is 11.8 Å². The van der Waals surface area contributed by atoms with E-state index in [1.165, 1.54) is 23.9 Å². The minimum Gasteiger partial charge on any atom is -0.481 e. The molecule has 6 nitrogen and oxygen atoms in total. The highest BCUT2D eigenvalue weighted by Gasteiger charge is 2.10. The van der Waals surface area contributed by atoms with Gasteiger partial charge in [0, 0.05) is 22.8 Å². The predicted molar refractivity (Wildman–Crippen MR) is 62.1 cm³/mol. The van der Waals surface area contributed by atoms with Crippen molar-refractivity contribution in [2.45, 2.75) is 17.4 Å². The van der Waals surface area contributed by atoms with Gasteiger partial charge in [0.05, 0.1) is 17.4 Å². The summed E-state index contributed by atoms with van der Waals surface area (Å²) in [7, 11) is 0. The quantitative estimate of drug-likeness (QED) is 0.455. The van der Waals surface area contributed by atoms with Crippen LogP contribution in [0.15, 0.2) is 29.2 Å². The molecule has 17 heavy (non-hydrogen) atoms. The number of hydrogen-bond donors (Lipinski definition) is 2. The first-order chi connectivity index (χ1) is 7.99. The zero-order valence-corrected chi connectivity index (χ0v) is 9.59. The molecule has 7 heteroatoms. The van der Waals surface area contributed by atoms with Crippen molar-refractivity contribution in [2.75, 3.05) is 5.75 Å². The first-order valence-corrected chi connectivity index (χ1v) is 5.74. The van der Waals surface area contributed by atoms with Gasteiger partial charge < -0.3 is 10.2 Å². The molecule has 0 radical (unpaired) electrons. The number of aliphatic hydroxyl groups is 1. The Bertz CT molecular complexity index is 406. The van der Waals surface area contributed by atoms with E-state index < -0.39 is 17.0 Å². The number of nitro groups is 1. The van der Waals surface area contributed by atoms with Crippen LogP contribution in [0.4, 0.5) is 5.69 Å². The molecule has 2 N–H and O–H groups in total. The van der Waals surface area contributed by atoms with Crippen molar-refractivity contribution in [1.29, 1.82) is 0 Å². The maximum absolute atomic E-state index is 10.4. The molecule has 0 aromatic heterocycles. The van der Waals surface area contributed by atoms with Gasteiger partial charge in [-0.3, -0.25) is 14.9 Å². The Morgan fingerprint density at radius 3 is 2.47 bits per heavy atom. The van der Waals surface area contributed by atoms with Gasteiger partial charge in [0.15, 0.2) is 0 Å². The van der Waals surface area contributed by atoms with Gasteiger partial charge in [0.1, 0.15) is 0 Å². The second-order valence-corrected chi connectivity index (χ2v) is 4.41. The number of carboxylic acids is 1. The number of carbonyl (C=O) groups is 1.